The molecule has 0 saturated heterocycles. The van der Waals surface area contributed by atoms with Gasteiger partial charge < -0.3 is 5.01 Å². The van der Waals surface area contributed by atoms with Gasteiger partial charge >= 0.3 is 0 Å². The van der Waals surface area contributed by atoms with Crippen LogP contribution in [0.2, 0.25) is 0 Å². The van der Waals surface area contributed by atoms with Crippen LogP contribution in [0.15, 0.2) is 11.3 Å². The standard InChI is InChI=1S/C7H16N2/c1-5-6(2)7(3)9(4)8/h5,8H2,1-4H3/b7-6-. The van der Waals surface area contributed by atoms with Gasteiger partial charge in [-0.1, -0.05) is 12.5 Å². The van der Waals surface area contributed by atoms with Crippen molar-refractivity contribution in [3.63, 3.8) is 0 Å². The molecule has 2 N–H and O–H groups in total. The van der Waals surface area contributed by atoms with Crippen LogP contribution in [0.5, 0.6) is 0 Å². The lowest BCUT2D eigenvalue weighted by Crippen LogP contribution is -2.24. The normalized spacial score (nSPS) is 13.0. The Labute approximate surface area is 57.3 Å². The highest BCUT2D eigenvalue weighted by Gasteiger charge is 1.94. The summed E-state index contributed by atoms with van der Waals surface area (Å²) in [4.78, 5) is 0. The summed E-state index contributed by atoms with van der Waals surface area (Å²) < 4.78 is 0. The van der Waals surface area contributed by atoms with E-state index in [4.69, 9.17) is 5.84 Å². The highest BCUT2D eigenvalue weighted by molar-refractivity contribution is 5.05. The number of hydrogen-bond donors (Lipinski definition) is 1. The van der Waals surface area contributed by atoms with Crippen molar-refractivity contribution in [3.05, 3.63) is 11.3 Å². The lowest BCUT2D eigenvalue weighted by molar-refractivity contribution is 0.435. The van der Waals surface area contributed by atoms with Crippen LogP contribution in [0.3, 0.4) is 0 Å². The van der Waals surface area contributed by atoms with Crippen LogP contribution >= 0.6 is 0 Å². The smallest absolute Gasteiger partial charge is 0.0246 e. The maximum Gasteiger partial charge on any atom is 0.0246 e. The lowest BCUT2D eigenvalue weighted by atomic mass is 10.2. The maximum absolute atomic E-state index is 5.49. The molecule has 0 aliphatic heterocycles. The summed E-state index contributed by atoms with van der Waals surface area (Å²) in [6, 6.07) is 0. The van der Waals surface area contributed by atoms with Gasteiger partial charge in [0.15, 0.2) is 0 Å². The van der Waals surface area contributed by atoms with E-state index in [9.17, 15) is 0 Å². The Morgan fingerprint density at radius 3 is 2.00 bits per heavy atom. The largest absolute Gasteiger partial charge is 0.319 e. The molecular weight excluding hydrogens is 112 g/mol. The van der Waals surface area contributed by atoms with Crippen LogP contribution < -0.4 is 5.84 Å². The molecule has 0 aromatic carbocycles. The van der Waals surface area contributed by atoms with Crippen LogP contribution in [-0.4, -0.2) is 12.1 Å². The number of hydrogen-bond acceptors (Lipinski definition) is 2. The zero-order chi connectivity index (χ0) is 7.44. The predicted octanol–water partition coefficient (Wildman–Crippen LogP) is 1.50. The Hall–Kier alpha value is -0.500. The average molecular weight is 128 g/mol. The molecule has 0 aliphatic carbocycles. The van der Waals surface area contributed by atoms with E-state index in [0.717, 1.165) is 12.1 Å². The van der Waals surface area contributed by atoms with Gasteiger partial charge in [-0.05, 0) is 20.3 Å². The first kappa shape index (κ1) is 8.50. The molecule has 0 heterocycles. The van der Waals surface area contributed by atoms with Crippen molar-refractivity contribution in [2.75, 3.05) is 7.05 Å². The summed E-state index contributed by atoms with van der Waals surface area (Å²) in [7, 11) is 1.86. The van der Waals surface area contributed by atoms with Gasteiger partial charge in [-0.15, -0.1) is 0 Å². The van der Waals surface area contributed by atoms with Crippen LogP contribution in [0.4, 0.5) is 0 Å². The van der Waals surface area contributed by atoms with Crippen molar-refractivity contribution in [3.8, 4) is 0 Å². The van der Waals surface area contributed by atoms with E-state index in [1.165, 1.54) is 5.57 Å². The van der Waals surface area contributed by atoms with Gasteiger partial charge in [-0.25, -0.2) is 5.84 Å². The first-order chi connectivity index (χ1) is 4.09. The van der Waals surface area contributed by atoms with E-state index < -0.39 is 0 Å². The Kier molecular flexibility index (Phi) is 3.32. The van der Waals surface area contributed by atoms with Gasteiger partial charge in [-0.2, -0.15) is 0 Å². The first-order valence-electron chi connectivity index (χ1n) is 3.24. The van der Waals surface area contributed by atoms with Crippen LogP contribution in [-0.2, 0) is 0 Å². The Bertz CT molecular complexity index is 114. The second-order valence-corrected chi connectivity index (χ2v) is 2.33. The fraction of sp³-hybridized carbons (Fsp3) is 0.714. The van der Waals surface area contributed by atoms with Gasteiger partial charge in [0, 0.05) is 12.7 Å². The molecule has 2 nitrogen and oxygen atoms in total. The van der Waals surface area contributed by atoms with Gasteiger partial charge in [0.25, 0.3) is 0 Å². The van der Waals surface area contributed by atoms with Crippen LogP contribution in [0, 0.1) is 0 Å². The van der Waals surface area contributed by atoms with Gasteiger partial charge in [0.2, 0.25) is 0 Å². The van der Waals surface area contributed by atoms with Crippen molar-refractivity contribution in [1.82, 2.24) is 5.01 Å². The van der Waals surface area contributed by atoms with Crippen LogP contribution in [0.25, 0.3) is 0 Å². The lowest BCUT2D eigenvalue weighted by Gasteiger charge is -2.14. The summed E-state index contributed by atoms with van der Waals surface area (Å²) in [6.07, 6.45) is 1.08. The molecule has 54 valence electrons. The molecule has 0 aromatic rings. The van der Waals surface area contributed by atoms with Crippen LogP contribution in [0.1, 0.15) is 27.2 Å². The Morgan fingerprint density at radius 2 is 1.89 bits per heavy atom. The van der Waals surface area contributed by atoms with Crippen molar-refractivity contribution in [1.29, 1.82) is 0 Å². The SMILES string of the molecule is CC/C(C)=C(/C)N(C)N. The van der Waals surface area contributed by atoms with Crippen molar-refractivity contribution in [2.45, 2.75) is 27.2 Å². The van der Waals surface area contributed by atoms with Gasteiger partial charge in [0.1, 0.15) is 0 Å². The highest BCUT2D eigenvalue weighted by Crippen LogP contribution is 2.06. The summed E-state index contributed by atoms with van der Waals surface area (Å²) in [6.45, 7) is 6.25. The molecule has 0 fully saturated rings. The fourth-order valence-electron chi connectivity index (χ4n) is 0.557. The molecule has 2 heteroatoms. The van der Waals surface area contributed by atoms with E-state index in [-0.39, 0.29) is 0 Å². The summed E-state index contributed by atoms with van der Waals surface area (Å²) in [5, 5.41) is 1.65. The van der Waals surface area contributed by atoms with E-state index in [0.29, 0.717) is 0 Å². The molecule has 0 atom stereocenters. The molecule has 0 amide bonds. The summed E-state index contributed by atoms with van der Waals surface area (Å²) in [5.41, 5.74) is 2.51. The average Bonchev–Trinajstić information content (AvgIpc) is 1.84. The third kappa shape index (κ3) is 2.51. The molecule has 0 saturated carbocycles. The Balaban J connectivity index is 4.10. The second-order valence-electron chi connectivity index (χ2n) is 2.33. The zero-order valence-electron chi connectivity index (χ0n) is 6.73. The molecule has 0 spiro atoms. The molecular formula is C7H16N2. The van der Waals surface area contributed by atoms with Gasteiger partial charge in [-0.3, -0.25) is 0 Å². The third-order valence-electron chi connectivity index (χ3n) is 1.68. The molecule has 0 radical (unpaired) electrons. The third-order valence-corrected chi connectivity index (χ3v) is 1.68. The number of nitrogens with zero attached hydrogens (tertiary/aromatic N) is 1. The number of allylic oxidation sites excluding steroid dienone is 2. The van der Waals surface area contributed by atoms with Crippen molar-refractivity contribution >= 4 is 0 Å². The van der Waals surface area contributed by atoms with Gasteiger partial charge in [0.05, 0.1) is 0 Å². The molecule has 9 heavy (non-hydrogen) atoms. The predicted molar refractivity (Wildman–Crippen MR) is 40.6 cm³/mol. The van der Waals surface area contributed by atoms with E-state index >= 15 is 0 Å². The minimum absolute atomic E-state index is 1.08. The number of nitrogens with two attached hydrogens (primary N) is 1. The summed E-state index contributed by atoms with van der Waals surface area (Å²) in [5.74, 6) is 5.49. The second kappa shape index (κ2) is 3.51. The minimum Gasteiger partial charge on any atom is -0.319 e. The fourth-order valence-corrected chi connectivity index (χ4v) is 0.557. The van der Waals surface area contributed by atoms with E-state index in [2.05, 4.69) is 13.8 Å². The highest BCUT2D eigenvalue weighted by atomic mass is 15.4. The molecule has 0 aliphatic rings. The molecule has 0 bridgehead atoms. The molecule has 0 unspecified atom stereocenters. The topological polar surface area (TPSA) is 29.3 Å². The van der Waals surface area contributed by atoms with E-state index in [1.54, 1.807) is 5.01 Å². The van der Waals surface area contributed by atoms with Crippen molar-refractivity contribution in [2.24, 2.45) is 5.84 Å². The number of hydrazine groups is 1. The number of rotatable bonds is 2. The maximum atomic E-state index is 5.49. The molecule has 0 rings (SSSR count). The monoisotopic (exact) mass is 128 g/mol. The first-order valence-corrected chi connectivity index (χ1v) is 3.24. The van der Waals surface area contributed by atoms with E-state index in [1.807, 2.05) is 14.0 Å². The molecule has 0 aromatic heterocycles. The van der Waals surface area contributed by atoms with Crippen molar-refractivity contribution < 1.29 is 0 Å². The summed E-state index contributed by atoms with van der Waals surface area (Å²) >= 11 is 0. The quantitative estimate of drug-likeness (QED) is 0.451. The minimum atomic E-state index is 1.08. The zero-order valence-corrected chi connectivity index (χ0v) is 6.73. The Morgan fingerprint density at radius 1 is 1.44 bits per heavy atom.